The molecule has 0 fully saturated rings. The first-order valence-corrected chi connectivity index (χ1v) is 7.55. The summed E-state index contributed by atoms with van der Waals surface area (Å²) >= 11 is 1.08. The normalized spacial score (nSPS) is 10.6. The Morgan fingerprint density at radius 3 is 2.82 bits per heavy atom. The lowest BCUT2D eigenvalue weighted by Crippen LogP contribution is -2.23. The van der Waals surface area contributed by atoms with Gasteiger partial charge in [0.2, 0.25) is 0 Å². The van der Waals surface area contributed by atoms with Gasteiger partial charge in [-0.2, -0.15) is 5.10 Å². The van der Waals surface area contributed by atoms with Gasteiger partial charge in [0.15, 0.2) is 0 Å². The van der Waals surface area contributed by atoms with Gasteiger partial charge in [-0.3, -0.25) is 14.3 Å². The van der Waals surface area contributed by atoms with Gasteiger partial charge in [-0.15, -0.1) is 0 Å². The highest BCUT2D eigenvalue weighted by atomic mass is 32.1. The van der Waals surface area contributed by atoms with Crippen LogP contribution in [-0.2, 0) is 13.6 Å². The third kappa shape index (κ3) is 2.84. The molecule has 2 aromatic heterocycles. The standard InChI is InChI=1S/C15H14N4O2S/c1-19-13(10-5-3-2-4-6-10)12(8-17-19)14(20)16-7-11-9-22-15(21)18-11/h2-6,8-9H,7H2,1H3,(H,16,20)(H,18,21). The summed E-state index contributed by atoms with van der Waals surface area (Å²) in [5, 5.41) is 8.67. The SMILES string of the molecule is Cn1ncc(C(=O)NCc2csc(=O)[nH]2)c1-c1ccccc1. The van der Waals surface area contributed by atoms with E-state index in [1.807, 2.05) is 30.3 Å². The quantitative estimate of drug-likeness (QED) is 0.770. The van der Waals surface area contributed by atoms with Crippen molar-refractivity contribution in [1.82, 2.24) is 20.1 Å². The number of hydrogen-bond donors (Lipinski definition) is 2. The maximum atomic E-state index is 12.4. The van der Waals surface area contributed by atoms with Crippen molar-refractivity contribution in [2.45, 2.75) is 6.54 Å². The molecule has 22 heavy (non-hydrogen) atoms. The number of aromatic nitrogens is 3. The van der Waals surface area contributed by atoms with Gasteiger partial charge in [0.05, 0.1) is 24.0 Å². The Labute approximate surface area is 130 Å². The number of benzene rings is 1. The van der Waals surface area contributed by atoms with Gasteiger partial charge in [0, 0.05) is 23.7 Å². The second-order valence-electron chi connectivity index (χ2n) is 4.75. The highest BCUT2D eigenvalue weighted by Crippen LogP contribution is 2.22. The molecular formula is C15H14N4O2S. The number of nitrogens with zero attached hydrogens (tertiary/aromatic N) is 2. The topological polar surface area (TPSA) is 79.8 Å². The third-order valence-electron chi connectivity index (χ3n) is 3.24. The van der Waals surface area contributed by atoms with E-state index >= 15 is 0 Å². The van der Waals surface area contributed by atoms with E-state index in [4.69, 9.17) is 0 Å². The lowest BCUT2D eigenvalue weighted by molar-refractivity contribution is 0.0951. The number of aromatic amines is 1. The number of thiazole rings is 1. The molecule has 0 unspecified atom stereocenters. The number of hydrogen-bond acceptors (Lipinski definition) is 4. The molecule has 2 N–H and O–H groups in total. The maximum absolute atomic E-state index is 12.4. The van der Waals surface area contributed by atoms with E-state index in [1.165, 1.54) is 0 Å². The minimum atomic E-state index is -0.223. The number of carbonyl (C=O) groups excluding carboxylic acids is 1. The molecule has 112 valence electrons. The average molecular weight is 314 g/mol. The molecule has 3 aromatic rings. The molecule has 0 bridgehead atoms. The predicted octanol–water partition coefficient (Wildman–Crippen LogP) is 1.77. The molecule has 0 aliphatic rings. The van der Waals surface area contributed by atoms with Crippen molar-refractivity contribution in [3.63, 3.8) is 0 Å². The van der Waals surface area contributed by atoms with Crippen molar-refractivity contribution in [1.29, 1.82) is 0 Å². The summed E-state index contributed by atoms with van der Waals surface area (Å²) in [4.78, 5) is 26.0. The number of amides is 1. The first-order valence-electron chi connectivity index (χ1n) is 6.67. The molecule has 0 radical (unpaired) electrons. The number of carbonyl (C=O) groups is 1. The second kappa shape index (κ2) is 5.98. The number of nitrogens with one attached hydrogen (secondary N) is 2. The van der Waals surface area contributed by atoms with E-state index in [1.54, 1.807) is 23.3 Å². The molecule has 2 heterocycles. The van der Waals surface area contributed by atoms with Crippen molar-refractivity contribution in [3.05, 3.63) is 62.8 Å². The van der Waals surface area contributed by atoms with Gasteiger partial charge in [-0.1, -0.05) is 41.7 Å². The highest BCUT2D eigenvalue weighted by molar-refractivity contribution is 7.07. The Kier molecular flexibility index (Phi) is 3.88. The van der Waals surface area contributed by atoms with E-state index in [-0.39, 0.29) is 17.3 Å². The average Bonchev–Trinajstić information content (AvgIpc) is 3.11. The fourth-order valence-electron chi connectivity index (χ4n) is 2.21. The zero-order valence-electron chi connectivity index (χ0n) is 11.9. The Bertz CT molecular complexity index is 848. The molecule has 6 nitrogen and oxygen atoms in total. The number of rotatable bonds is 4. The van der Waals surface area contributed by atoms with Gasteiger partial charge in [-0.05, 0) is 0 Å². The van der Waals surface area contributed by atoms with Gasteiger partial charge in [0.1, 0.15) is 0 Å². The predicted molar refractivity (Wildman–Crippen MR) is 84.8 cm³/mol. The Morgan fingerprint density at radius 1 is 1.36 bits per heavy atom. The molecule has 0 aliphatic heterocycles. The van der Waals surface area contributed by atoms with Crippen molar-refractivity contribution in [2.75, 3.05) is 0 Å². The summed E-state index contributed by atoms with van der Waals surface area (Å²) in [6, 6.07) is 9.63. The molecule has 3 rings (SSSR count). The second-order valence-corrected chi connectivity index (χ2v) is 5.59. The number of H-pyrrole nitrogens is 1. The number of aryl methyl sites for hydroxylation is 1. The zero-order valence-corrected chi connectivity index (χ0v) is 12.7. The van der Waals surface area contributed by atoms with Crippen molar-refractivity contribution >= 4 is 17.2 Å². The molecule has 7 heteroatoms. The van der Waals surface area contributed by atoms with Gasteiger partial charge >= 0.3 is 4.87 Å². The van der Waals surface area contributed by atoms with E-state index in [0.29, 0.717) is 11.3 Å². The summed E-state index contributed by atoms with van der Waals surface area (Å²) in [6.45, 7) is 0.278. The molecular weight excluding hydrogens is 300 g/mol. The minimum Gasteiger partial charge on any atom is -0.346 e. The fraction of sp³-hybridized carbons (Fsp3) is 0.133. The Morgan fingerprint density at radius 2 is 2.14 bits per heavy atom. The van der Waals surface area contributed by atoms with E-state index in [2.05, 4.69) is 15.4 Å². The van der Waals surface area contributed by atoms with E-state index in [9.17, 15) is 9.59 Å². The monoisotopic (exact) mass is 314 g/mol. The molecule has 0 aliphatic carbocycles. The Hall–Kier alpha value is -2.67. The van der Waals surface area contributed by atoms with Crippen LogP contribution < -0.4 is 10.2 Å². The van der Waals surface area contributed by atoms with Crippen LogP contribution in [0.5, 0.6) is 0 Å². The lowest BCUT2D eigenvalue weighted by atomic mass is 10.1. The van der Waals surface area contributed by atoms with Crippen molar-refractivity contribution in [3.8, 4) is 11.3 Å². The fourth-order valence-corrected chi connectivity index (χ4v) is 2.79. The Balaban J connectivity index is 1.83. The molecule has 0 saturated carbocycles. The van der Waals surface area contributed by atoms with Crippen LogP contribution in [-0.4, -0.2) is 20.7 Å². The summed E-state index contributed by atoms with van der Waals surface area (Å²) in [5.74, 6) is -0.223. The highest BCUT2D eigenvalue weighted by Gasteiger charge is 2.17. The summed E-state index contributed by atoms with van der Waals surface area (Å²) < 4.78 is 1.68. The molecule has 1 amide bonds. The van der Waals surface area contributed by atoms with E-state index < -0.39 is 0 Å². The van der Waals surface area contributed by atoms with Crippen LogP contribution in [0.3, 0.4) is 0 Å². The smallest absolute Gasteiger partial charge is 0.304 e. The first kappa shape index (κ1) is 14.3. The van der Waals surface area contributed by atoms with Crippen molar-refractivity contribution in [2.24, 2.45) is 7.05 Å². The van der Waals surface area contributed by atoms with Crippen LogP contribution >= 0.6 is 11.3 Å². The summed E-state index contributed by atoms with van der Waals surface area (Å²) in [7, 11) is 1.80. The largest absolute Gasteiger partial charge is 0.346 e. The lowest BCUT2D eigenvalue weighted by Gasteiger charge is -2.07. The van der Waals surface area contributed by atoms with Crippen LogP contribution in [0, 0.1) is 0 Å². The van der Waals surface area contributed by atoms with Gasteiger partial charge in [0.25, 0.3) is 5.91 Å². The molecule has 1 aromatic carbocycles. The summed E-state index contributed by atoms with van der Waals surface area (Å²) in [5.41, 5.74) is 2.88. The summed E-state index contributed by atoms with van der Waals surface area (Å²) in [6.07, 6.45) is 1.55. The molecule has 0 saturated heterocycles. The van der Waals surface area contributed by atoms with Gasteiger partial charge < -0.3 is 10.3 Å². The van der Waals surface area contributed by atoms with Crippen LogP contribution in [0.25, 0.3) is 11.3 Å². The van der Waals surface area contributed by atoms with Crippen LogP contribution in [0.15, 0.2) is 46.7 Å². The van der Waals surface area contributed by atoms with Crippen molar-refractivity contribution < 1.29 is 4.79 Å². The van der Waals surface area contributed by atoms with Crippen LogP contribution in [0.1, 0.15) is 16.1 Å². The van der Waals surface area contributed by atoms with Crippen LogP contribution in [0.2, 0.25) is 0 Å². The minimum absolute atomic E-state index is 0.129. The molecule has 0 spiro atoms. The first-order chi connectivity index (χ1) is 10.6. The molecule has 0 atom stereocenters. The third-order valence-corrected chi connectivity index (χ3v) is 3.96. The van der Waals surface area contributed by atoms with Gasteiger partial charge in [-0.25, -0.2) is 0 Å². The zero-order chi connectivity index (χ0) is 15.5. The maximum Gasteiger partial charge on any atom is 0.304 e. The van der Waals surface area contributed by atoms with E-state index in [0.717, 1.165) is 22.6 Å². The van der Waals surface area contributed by atoms with Crippen LogP contribution in [0.4, 0.5) is 0 Å².